The Bertz CT molecular complexity index is 2160. The normalized spacial score (nSPS) is 20.4. The molecule has 0 radical (unpaired) electrons. The summed E-state index contributed by atoms with van der Waals surface area (Å²) in [6.07, 6.45) is -6.98. The minimum absolute atomic E-state index is 0.0890. The Kier molecular flexibility index (Phi) is 9.28. The lowest BCUT2D eigenvalue weighted by atomic mass is 9.74. The van der Waals surface area contributed by atoms with Crippen molar-refractivity contribution in [3.8, 4) is 22.6 Å². The monoisotopic (exact) mass is 791 g/mol. The van der Waals surface area contributed by atoms with E-state index in [1.165, 1.54) is 41.3 Å². The van der Waals surface area contributed by atoms with E-state index in [4.69, 9.17) is 22.1 Å². The number of hydrogen-bond donors (Lipinski definition) is 1. The number of nitrogens with two attached hydrogens (primary N) is 1. The highest BCUT2D eigenvalue weighted by atomic mass is 35.5. The molecular formula is C36H36ClF6N9O3. The van der Waals surface area contributed by atoms with E-state index < -0.39 is 72.0 Å². The van der Waals surface area contributed by atoms with Crippen LogP contribution in [0.1, 0.15) is 75.6 Å². The van der Waals surface area contributed by atoms with E-state index in [1.54, 1.807) is 30.2 Å². The number of carbonyl (C=O) groups excluding carboxylic acids is 2. The van der Waals surface area contributed by atoms with Crippen LogP contribution >= 0.6 is 11.6 Å². The molecule has 3 aliphatic rings. The molecule has 7 rings (SSSR count). The van der Waals surface area contributed by atoms with Crippen LogP contribution in [0.4, 0.5) is 26.3 Å². The quantitative estimate of drug-likeness (QED) is 0.118. The molecule has 0 spiro atoms. The number of aliphatic imine (C=N–C) groups is 1. The van der Waals surface area contributed by atoms with Gasteiger partial charge in [-0.1, -0.05) is 55.8 Å². The lowest BCUT2D eigenvalue weighted by Gasteiger charge is -2.37. The SMILES string of the molecule is Cn1ncnc1-c1cc([C@@H](COC(=O)CC2(C(F)(F)F)CC2)N2C(=O)[C@@](CC(C)(C)C(F)(F)F)(c3ccc(-c4cnn(C5CC5)n4)cc3)N=C2N)ccc1Cl. The molecule has 12 nitrogen and oxygen atoms in total. The fourth-order valence-electron chi connectivity index (χ4n) is 6.85. The number of ether oxygens (including phenoxy) is 1. The number of alkyl halides is 6. The first-order chi connectivity index (χ1) is 25.8. The summed E-state index contributed by atoms with van der Waals surface area (Å²) in [7, 11) is 1.60. The van der Waals surface area contributed by atoms with Crippen LogP contribution in [0.3, 0.4) is 0 Å². The molecule has 1 aliphatic heterocycles. The Hall–Kier alpha value is -5.00. The minimum Gasteiger partial charge on any atom is -0.463 e. The van der Waals surface area contributed by atoms with Crippen molar-refractivity contribution < 1.29 is 40.7 Å². The second-order valence-corrected chi connectivity index (χ2v) is 15.4. The van der Waals surface area contributed by atoms with Crippen LogP contribution < -0.4 is 5.73 Å². The van der Waals surface area contributed by atoms with Gasteiger partial charge in [0.15, 0.2) is 17.3 Å². The molecule has 19 heteroatoms. The van der Waals surface area contributed by atoms with Crippen molar-refractivity contribution in [1.82, 2.24) is 34.7 Å². The van der Waals surface area contributed by atoms with Crippen molar-refractivity contribution >= 4 is 29.4 Å². The number of benzene rings is 2. The van der Waals surface area contributed by atoms with E-state index in [-0.39, 0.29) is 35.0 Å². The van der Waals surface area contributed by atoms with Gasteiger partial charge in [-0.15, -0.1) is 0 Å². The van der Waals surface area contributed by atoms with E-state index >= 15 is 0 Å². The van der Waals surface area contributed by atoms with Gasteiger partial charge < -0.3 is 10.5 Å². The zero-order valence-corrected chi connectivity index (χ0v) is 30.6. The van der Waals surface area contributed by atoms with Crippen LogP contribution in [-0.4, -0.2) is 71.5 Å². The summed E-state index contributed by atoms with van der Waals surface area (Å²) in [5, 5.41) is 13.1. The molecule has 0 saturated heterocycles. The maximum absolute atomic E-state index is 14.9. The number of amides is 1. The molecule has 0 bridgehead atoms. The fourth-order valence-corrected chi connectivity index (χ4v) is 7.05. The molecule has 3 heterocycles. The zero-order chi connectivity index (χ0) is 39.7. The molecule has 4 aromatic rings. The van der Waals surface area contributed by atoms with Crippen molar-refractivity contribution in [3.63, 3.8) is 0 Å². The Morgan fingerprint density at radius 3 is 2.33 bits per heavy atom. The van der Waals surface area contributed by atoms with E-state index in [2.05, 4.69) is 25.3 Å². The summed E-state index contributed by atoms with van der Waals surface area (Å²) in [4.78, 5) is 39.1. The summed E-state index contributed by atoms with van der Waals surface area (Å²) in [5.41, 5.74) is 1.30. The van der Waals surface area contributed by atoms with Gasteiger partial charge in [0.25, 0.3) is 5.91 Å². The van der Waals surface area contributed by atoms with Gasteiger partial charge in [-0.05, 0) is 55.4 Å². The lowest BCUT2D eigenvalue weighted by Crippen LogP contribution is -2.49. The van der Waals surface area contributed by atoms with Gasteiger partial charge in [-0.2, -0.15) is 46.4 Å². The number of aromatic nitrogens is 6. The van der Waals surface area contributed by atoms with Crippen LogP contribution in [0.25, 0.3) is 22.6 Å². The van der Waals surface area contributed by atoms with E-state index in [1.807, 2.05) is 0 Å². The Morgan fingerprint density at radius 2 is 1.75 bits per heavy atom. The third-order valence-electron chi connectivity index (χ3n) is 10.6. The maximum Gasteiger partial charge on any atom is 0.395 e. The third kappa shape index (κ3) is 7.04. The van der Waals surface area contributed by atoms with Crippen molar-refractivity contribution in [3.05, 3.63) is 71.1 Å². The van der Waals surface area contributed by atoms with Crippen LogP contribution in [-0.2, 0) is 26.9 Å². The highest BCUT2D eigenvalue weighted by Crippen LogP contribution is 2.60. The summed E-state index contributed by atoms with van der Waals surface area (Å²) >= 11 is 6.53. The molecule has 2 atom stereocenters. The average molecular weight is 792 g/mol. The number of nitrogens with zero attached hydrogens (tertiary/aromatic N) is 8. The van der Waals surface area contributed by atoms with Gasteiger partial charge >= 0.3 is 18.3 Å². The zero-order valence-electron chi connectivity index (χ0n) is 29.8. The smallest absolute Gasteiger partial charge is 0.395 e. The molecule has 2 saturated carbocycles. The van der Waals surface area contributed by atoms with Crippen molar-refractivity contribution in [2.24, 2.45) is 28.6 Å². The van der Waals surface area contributed by atoms with Crippen LogP contribution in [0, 0.1) is 10.8 Å². The molecule has 292 valence electrons. The second kappa shape index (κ2) is 13.3. The molecule has 0 unspecified atom stereocenters. The summed E-state index contributed by atoms with van der Waals surface area (Å²) < 4.78 is 91.8. The minimum atomic E-state index is -4.79. The first kappa shape index (κ1) is 38.3. The topological polar surface area (TPSA) is 146 Å². The first-order valence-electron chi connectivity index (χ1n) is 17.4. The molecule has 2 fully saturated rings. The van der Waals surface area contributed by atoms with Gasteiger partial charge in [-0.3, -0.25) is 14.5 Å². The van der Waals surface area contributed by atoms with Gasteiger partial charge in [0.05, 0.1) is 40.6 Å². The van der Waals surface area contributed by atoms with Crippen LogP contribution in [0.2, 0.25) is 5.02 Å². The largest absolute Gasteiger partial charge is 0.463 e. The van der Waals surface area contributed by atoms with Crippen molar-refractivity contribution in [2.75, 3.05) is 6.61 Å². The molecular weight excluding hydrogens is 756 g/mol. The van der Waals surface area contributed by atoms with Crippen LogP contribution in [0.15, 0.2) is 60.0 Å². The number of esters is 1. The number of guanidine groups is 1. The number of aryl methyl sites for hydroxylation is 1. The van der Waals surface area contributed by atoms with Gasteiger partial charge in [0.2, 0.25) is 0 Å². The number of carbonyl (C=O) groups is 2. The van der Waals surface area contributed by atoms with Gasteiger partial charge in [0, 0.05) is 18.2 Å². The number of hydrogen-bond acceptors (Lipinski definition) is 9. The van der Waals surface area contributed by atoms with E-state index in [9.17, 15) is 35.9 Å². The Balaban J connectivity index is 1.28. The molecule has 2 aromatic carbocycles. The highest BCUT2D eigenvalue weighted by Gasteiger charge is 2.64. The summed E-state index contributed by atoms with van der Waals surface area (Å²) in [6, 6.07) is 9.43. The molecule has 1 amide bonds. The summed E-state index contributed by atoms with van der Waals surface area (Å²) in [5.74, 6) is -2.34. The van der Waals surface area contributed by atoms with Crippen molar-refractivity contribution in [2.45, 2.75) is 82.3 Å². The maximum atomic E-state index is 14.9. The number of rotatable bonds is 12. The standard InChI is InChI=1S/C36H36ClF6N9O3/c1-32(2,35(38,39)40)18-34(22-7-4-20(5-8-22)26-16-46-52(49-26)23-9-10-23)30(54)51(31(44)48-34)27(17-55-28(53)15-33(12-13-33)36(41,42)43)21-6-11-25(37)24(14-21)29-45-19-47-50(29)3/h4-8,11,14,16,19,23,27H,9-10,12-13,15,17-18H2,1-3H3,(H2,44,48)/t27-,34-/m1/s1. The third-order valence-corrected chi connectivity index (χ3v) is 10.9. The van der Waals surface area contributed by atoms with Gasteiger partial charge in [0.1, 0.15) is 18.6 Å². The average Bonchev–Trinajstić information content (AvgIpc) is 4.00. The van der Waals surface area contributed by atoms with E-state index in [0.717, 1.165) is 31.6 Å². The van der Waals surface area contributed by atoms with Crippen molar-refractivity contribution in [1.29, 1.82) is 0 Å². The predicted molar refractivity (Wildman–Crippen MR) is 186 cm³/mol. The Morgan fingerprint density at radius 1 is 1.05 bits per heavy atom. The van der Waals surface area contributed by atoms with Gasteiger partial charge in [-0.25, -0.2) is 14.7 Å². The second-order valence-electron chi connectivity index (χ2n) is 15.0. The lowest BCUT2D eigenvalue weighted by molar-refractivity contribution is -0.218. The Labute approximate surface area is 315 Å². The summed E-state index contributed by atoms with van der Waals surface area (Å²) in [6.45, 7) is 1.17. The highest BCUT2D eigenvalue weighted by molar-refractivity contribution is 6.33. The number of halogens is 7. The molecule has 2 N–H and O–H groups in total. The van der Waals surface area contributed by atoms with Crippen LogP contribution in [0.5, 0.6) is 0 Å². The molecule has 2 aromatic heterocycles. The van der Waals surface area contributed by atoms with E-state index in [0.29, 0.717) is 22.6 Å². The fraction of sp³-hybridized carbons (Fsp3) is 0.472. The molecule has 55 heavy (non-hydrogen) atoms. The molecule has 2 aliphatic carbocycles. The predicted octanol–water partition coefficient (Wildman–Crippen LogP) is 7.08. The first-order valence-corrected chi connectivity index (χ1v) is 17.8.